The smallest absolute Gasteiger partial charge is 0.220 e. The third-order valence-corrected chi connectivity index (χ3v) is 2.15. The van der Waals surface area contributed by atoms with Gasteiger partial charge < -0.3 is 10.6 Å². The van der Waals surface area contributed by atoms with Crippen LogP contribution in [0.1, 0.15) is 12.6 Å². The number of nitrogens with two attached hydrogens (primary N) is 1. The quantitative estimate of drug-likeness (QED) is 0.664. The summed E-state index contributed by atoms with van der Waals surface area (Å²) in [5, 5.41) is 3.88. The van der Waals surface area contributed by atoms with Crippen molar-refractivity contribution in [3.63, 3.8) is 0 Å². The molecule has 1 aromatic carbocycles. The maximum atomic E-state index is 12.7. The molecule has 0 unspecified atom stereocenters. The summed E-state index contributed by atoms with van der Waals surface area (Å²) in [7, 11) is 0. The molecule has 0 amide bonds. The van der Waals surface area contributed by atoms with Gasteiger partial charge in [0.15, 0.2) is 5.75 Å². The molecule has 18 heavy (non-hydrogen) atoms. The molecule has 5 nitrogen and oxygen atoms in total. The normalized spacial score (nSPS) is 11.3. The molecule has 0 atom stereocenters. The standard InChI is InChI=1S/C12H11FN4O/c1-8(11-6-7-15-12(14)16-11)17-18-10-4-2-9(13)3-5-10/h2-7H,1H3,(H2,14,15,16)/b17-8-. The van der Waals surface area contributed by atoms with Gasteiger partial charge in [0.05, 0.1) is 5.69 Å². The van der Waals surface area contributed by atoms with Crippen LogP contribution >= 0.6 is 0 Å². The first kappa shape index (κ1) is 12.0. The molecule has 6 heteroatoms. The first-order valence-corrected chi connectivity index (χ1v) is 5.21. The highest BCUT2D eigenvalue weighted by molar-refractivity contribution is 5.96. The van der Waals surface area contributed by atoms with Crippen LogP contribution < -0.4 is 10.6 Å². The number of hydrogen-bond donors (Lipinski definition) is 1. The van der Waals surface area contributed by atoms with Crippen molar-refractivity contribution in [1.29, 1.82) is 0 Å². The highest BCUT2D eigenvalue weighted by Crippen LogP contribution is 2.11. The topological polar surface area (TPSA) is 73.4 Å². The highest BCUT2D eigenvalue weighted by Gasteiger charge is 2.01. The van der Waals surface area contributed by atoms with Gasteiger partial charge in [-0.25, -0.2) is 14.4 Å². The van der Waals surface area contributed by atoms with Crippen molar-refractivity contribution < 1.29 is 9.23 Å². The number of nitrogens with zero attached hydrogens (tertiary/aromatic N) is 3. The SMILES string of the molecule is C/C(=N/Oc1ccc(F)cc1)c1ccnc(N)n1. The van der Waals surface area contributed by atoms with Gasteiger partial charge in [-0.3, -0.25) is 0 Å². The number of hydrogen-bond acceptors (Lipinski definition) is 5. The second kappa shape index (κ2) is 5.22. The highest BCUT2D eigenvalue weighted by atomic mass is 19.1. The Hall–Kier alpha value is -2.50. The molecule has 1 aromatic heterocycles. The third kappa shape index (κ3) is 3.00. The fourth-order valence-electron chi connectivity index (χ4n) is 1.24. The van der Waals surface area contributed by atoms with Gasteiger partial charge in [-0.1, -0.05) is 5.16 Å². The lowest BCUT2D eigenvalue weighted by Crippen LogP contribution is -2.04. The van der Waals surface area contributed by atoms with Gasteiger partial charge in [0.2, 0.25) is 5.95 Å². The van der Waals surface area contributed by atoms with Gasteiger partial charge in [-0.2, -0.15) is 0 Å². The van der Waals surface area contributed by atoms with Crippen LogP contribution in [0.2, 0.25) is 0 Å². The Balaban J connectivity index is 2.11. The average molecular weight is 246 g/mol. The van der Waals surface area contributed by atoms with E-state index >= 15 is 0 Å². The Kier molecular flexibility index (Phi) is 3.47. The molecule has 92 valence electrons. The van der Waals surface area contributed by atoms with Crippen molar-refractivity contribution in [2.24, 2.45) is 5.16 Å². The van der Waals surface area contributed by atoms with E-state index in [-0.39, 0.29) is 11.8 Å². The molecule has 0 saturated carbocycles. The zero-order valence-corrected chi connectivity index (χ0v) is 9.67. The third-order valence-electron chi connectivity index (χ3n) is 2.15. The summed E-state index contributed by atoms with van der Waals surface area (Å²) in [6.45, 7) is 1.73. The Morgan fingerprint density at radius 1 is 1.28 bits per heavy atom. The molecule has 2 aromatic rings. The van der Waals surface area contributed by atoms with E-state index in [1.54, 1.807) is 13.0 Å². The average Bonchev–Trinajstić information content (AvgIpc) is 2.38. The summed E-state index contributed by atoms with van der Waals surface area (Å²) in [4.78, 5) is 12.9. The molecule has 0 aliphatic carbocycles. The summed E-state index contributed by atoms with van der Waals surface area (Å²) in [5.41, 5.74) is 6.58. The van der Waals surface area contributed by atoms with E-state index in [1.807, 2.05) is 0 Å². The lowest BCUT2D eigenvalue weighted by molar-refractivity contribution is 0.340. The Bertz CT molecular complexity index is 569. The van der Waals surface area contributed by atoms with Crippen LogP contribution in [-0.2, 0) is 0 Å². The first-order valence-electron chi connectivity index (χ1n) is 5.21. The minimum atomic E-state index is -0.327. The molecular weight excluding hydrogens is 235 g/mol. The van der Waals surface area contributed by atoms with Crippen LogP contribution in [0, 0.1) is 5.82 Å². The molecule has 2 rings (SSSR count). The molecule has 0 saturated heterocycles. The first-order chi connectivity index (χ1) is 8.65. The number of aromatic nitrogens is 2. The number of oxime groups is 1. The Labute approximate surface area is 103 Å². The Morgan fingerprint density at radius 3 is 2.67 bits per heavy atom. The van der Waals surface area contributed by atoms with Crippen molar-refractivity contribution in [3.05, 3.63) is 48.0 Å². The monoisotopic (exact) mass is 246 g/mol. The van der Waals surface area contributed by atoms with Crippen LogP contribution in [0.4, 0.5) is 10.3 Å². The van der Waals surface area contributed by atoms with Crippen molar-refractivity contribution >= 4 is 11.7 Å². The number of anilines is 1. The summed E-state index contributed by atoms with van der Waals surface area (Å²) in [6.07, 6.45) is 1.54. The summed E-state index contributed by atoms with van der Waals surface area (Å²) >= 11 is 0. The molecule has 0 aliphatic heterocycles. The molecule has 0 radical (unpaired) electrons. The van der Waals surface area contributed by atoms with Crippen LogP contribution in [0.15, 0.2) is 41.7 Å². The predicted molar refractivity (Wildman–Crippen MR) is 65.7 cm³/mol. The van der Waals surface area contributed by atoms with E-state index in [9.17, 15) is 4.39 Å². The molecule has 0 spiro atoms. The fraction of sp³-hybridized carbons (Fsp3) is 0.0833. The van der Waals surface area contributed by atoms with Gasteiger partial charge in [-0.05, 0) is 37.3 Å². The van der Waals surface area contributed by atoms with Gasteiger partial charge in [0.25, 0.3) is 0 Å². The summed E-state index contributed by atoms with van der Waals surface area (Å²) in [5.74, 6) is 0.285. The zero-order chi connectivity index (χ0) is 13.0. The van der Waals surface area contributed by atoms with E-state index in [0.29, 0.717) is 17.2 Å². The van der Waals surface area contributed by atoms with Crippen LogP contribution in [0.3, 0.4) is 0 Å². The maximum absolute atomic E-state index is 12.7. The lowest BCUT2D eigenvalue weighted by atomic mass is 10.3. The van der Waals surface area contributed by atoms with E-state index in [2.05, 4.69) is 15.1 Å². The number of rotatable bonds is 3. The number of nitrogen functional groups attached to an aromatic ring is 1. The second-order valence-corrected chi connectivity index (χ2v) is 3.52. The molecule has 0 bridgehead atoms. The summed E-state index contributed by atoms with van der Waals surface area (Å²) < 4.78 is 12.7. The van der Waals surface area contributed by atoms with Gasteiger partial charge >= 0.3 is 0 Å². The van der Waals surface area contributed by atoms with Crippen molar-refractivity contribution in [1.82, 2.24) is 9.97 Å². The minimum absolute atomic E-state index is 0.170. The van der Waals surface area contributed by atoms with E-state index in [0.717, 1.165) is 0 Å². The van der Waals surface area contributed by atoms with E-state index < -0.39 is 0 Å². The van der Waals surface area contributed by atoms with Crippen LogP contribution in [0.5, 0.6) is 5.75 Å². The van der Waals surface area contributed by atoms with Crippen molar-refractivity contribution in [3.8, 4) is 5.75 Å². The van der Waals surface area contributed by atoms with E-state index in [4.69, 9.17) is 10.6 Å². The largest absolute Gasteiger partial charge is 0.368 e. The minimum Gasteiger partial charge on any atom is -0.368 e. The Morgan fingerprint density at radius 2 is 2.00 bits per heavy atom. The van der Waals surface area contributed by atoms with E-state index in [1.165, 1.54) is 30.5 Å². The molecule has 0 aliphatic rings. The van der Waals surface area contributed by atoms with Crippen molar-refractivity contribution in [2.75, 3.05) is 5.73 Å². The van der Waals surface area contributed by atoms with Crippen LogP contribution in [0.25, 0.3) is 0 Å². The van der Waals surface area contributed by atoms with Gasteiger partial charge in [0, 0.05) is 6.20 Å². The number of benzene rings is 1. The maximum Gasteiger partial charge on any atom is 0.220 e. The van der Waals surface area contributed by atoms with Gasteiger partial charge in [0.1, 0.15) is 11.5 Å². The molecular formula is C12H11FN4O. The lowest BCUT2D eigenvalue weighted by Gasteiger charge is -2.01. The molecule has 1 heterocycles. The van der Waals surface area contributed by atoms with Crippen molar-refractivity contribution in [2.45, 2.75) is 6.92 Å². The predicted octanol–water partition coefficient (Wildman–Crippen LogP) is 2.00. The number of halogens is 1. The molecule has 0 fully saturated rings. The fourth-order valence-corrected chi connectivity index (χ4v) is 1.24. The summed E-state index contributed by atoms with van der Waals surface area (Å²) in [6, 6.07) is 7.23. The zero-order valence-electron chi connectivity index (χ0n) is 9.67. The van der Waals surface area contributed by atoms with Crippen LogP contribution in [-0.4, -0.2) is 15.7 Å². The van der Waals surface area contributed by atoms with Gasteiger partial charge in [-0.15, -0.1) is 0 Å². The second-order valence-electron chi connectivity index (χ2n) is 3.52. The molecule has 2 N–H and O–H groups in total.